The number of carbonyl (C=O) groups excluding carboxylic acids is 2. The number of amides is 1. The molecule has 0 atom stereocenters. The zero-order chi connectivity index (χ0) is 22.5. The number of benzene rings is 3. The number of Topliss-reactive ketones (excluding diaryl/α,β-unsaturated/α-hetero) is 1. The predicted octanol–water partition coefficient (Wildman–Crippen LogP) is 5.31. The maximum Gasteiger partial charge on any atom is 0.255 e. The topological polar surface area (TPSA) is 49.4 Å². The summed E-state index contributed by atoms with van der Waals surface area (Å²) in [7, 11) is 0. The van der Waals surface area contributed by atoms with E-state index in [4.69, 9.17) is 0 Å². The lowest BCUT2D eigenvalue weighted by atomic mass is 9.88. The van der Waals surface area contributed by atoms with Crippen molar-refractivity contribution >= 4 is 17.4 Å². The van der Waals surface area contributed by atoms with E-state index in [0.29, 0.717) is 38.0 Å². The number of ketones is 1. The van der Waals surface area contributed by atoms with E-state index in [0.717, 1.165) is 29.4 Å². The number of nitrogens with one attached hydrogen (secondary N) is 1. The number of halogens is 2. The second-order valence-corrected chi connectivity index (χ2v) is 8.06. The lowest BCUT2D eigenvalue weighted by Crippen LogP contribution is -2.36. The molecule has 1 saturated heterocycles. The average molecular weight is 434 g/mol. The van der Waals surface area contributed by atoms with Crippen molar-refractivity contribution < 1.29 is 18.4 Å². The Hall–Kier alpha value is -3.38. The summed E-state index contributed by atoms with van der Waals surface area (Å²) in [6, 6.07) is 19.8. The maximum atomic E-state index is 13.9. The quantitative estimate of drug-likeness (QED) is 0.535. The van der Waals surface area contributed by atoms with Crippen LogP contribution >= 0.6 is 0 Å². The second kappa shape index (κ2) is 9.83. The maximum absolute atomic E-state index is 13.9. The van der Waals surface area contributed by atoms with Crippen molar-refractivity contribution in [3.05, 3.63) is 101 Å². The largest absolute Gasteiger partial charge is 0.322 e. The van der Waals surface area contributed by atoms with Crippen molar-refractivity contribution in [1.29, 1.82) is 0 Å². The van der Waals surface area contributed by atoms with E-state index in [1.165, 1.54) is 0 Å². The molecule has 0 aliphatic carbocycles. The summed E-state index contributed by atoms with van der Waals surface area (Å²) >= 11 is 0. The molecule has 1 aliphatic rings. The molecule has 1 fully saturated rings. The van der Waals surface area contributed by atoms with Crippen LogP contribution in [-0.2, 0) is 6.54 Å². The predicted molar refractivity (Wildman–Crippen MR) is 120 cm³/mol. The van der Waals surface area contributed by atoms with Gasteiger partial charge in [0.25, 0.3) is 5.91 Å². The Bertz CT molecular complexity index is 1090. The summed E-state index contributed by atoms with van der Waals surface area (Å²) < 4.78 is 27.3. The van der Waals surface area contributed by atoms with E-state index in [1.54, 1.807) is 12.1 Å². The van der Waals surface area contributed by atoms with E-state index in [1.807, 2.05) is 42.5 Å². The molecule has 0 radical (unpaired) electrons. The molecule has 4 nitrogen and oxygen atoms in total. The Balaban J connectivity index is 1.30. The number of rotatable bonds is 6. The fraction of sp³-hybridized carbons (Fsp3) is 0.231. The van der Waals surface area contributed by atoms with Gasteiger partial charge in [-0.25, -0.2) is 8.78 Å². The van der Waals surface area contributed by atoms with Gasteiger partial charge in [0, 0.05) is 23.7 Å². The summed E-state index contributed by atoms with van der Waals surface area (Å²) in [5.74, 6) is -2.06. The van der Waals surface area contributed by atoms with Crippen molar-refractivity contribution in [2.24, 2.45) is 5.92 Å². The highest BCUT2D eigenvalue weighted by Gasteiger charge is 2.27. The van der Waals surface area contributed by atoms with Gasteiger partial charge in [-0.2, -0.15) is 0 Å². The van der Waals surface area contributed by atoms with Crippen LogP contribution in [0.1, 0.15) is 39.1 Å². The van der Waals surface area contributed by atoms with Gasteiger partial charge < -0.3 is 5.32 Å². The van der Waals surface area contributed by atoms with Crippen molar-refractivity contribution in [2.45, 2.75) is 19.4 Å². The molecule has 0 aromatic heterocycles. The third-order valence-corrected chi connectivity index (χ3v) is 5.81. The SMILES string of the molecule is O=C(Nc1ccccc1)c1ccc(CN2CCC(C(=O)c3cc(F)ccc3F)CC2)cc1. The molecule has 164 valence electrons. The monoisotopic (exact) mass is 434 g/mol. The van der Waals surface area contributed by atoms with Gasteiger partial charge in [-0.1, -0.05) is 30.3 Å². The van der Waals surface area contributed by atoms with Gasteiger partial charge in [-0.05, 0) is 74.0 Å². The van der Waals surface area contributed by atoms with Gasteiger partial charge in [0.2, 0.25) is 0 Å². The fourth-order valence-electron chi connectivity index (χ4n) is 4.00. The lowest BCUT2D eigenvalue weighted by molar-refractivity contribution is 0.0830. The number of anilines is 1. The highest BCUT2D eigenvalue weighted by atomic mass is 19.1. The molecule has 6 heteroatoms. The first kappa shape index (κ1) is 21.8. The first-order valence-corrected chi connectivity index (χ1v) is 10.7. The third-order valence-electron chi connectivity index (χ3n) is 5.81. The summed E-state index contributed by atoms with van der Waals surface area (Å²) in [5.41, 5.74) is 2.24. The Morgan fingerprint density at radius 2 is 1.59 bits per heavy atom. The fourth-order valence-corrected chi connectivity index (χ4v) is 4.00. The minimum atomic E-state index is -0.671. The van der Waals surface area contributed by atoms with Crippen molar-refractivity contribution in [1.82, 2.24) is 4.90 Å². The Morgan fingerprint density at radius 1 is 0.906 bits per heavy atom. The average Bonchev–Trinajstić information content (AvgIpc) is 2.82. The molecule has 0 bridgehead atoms. The van der Waals surface area contributed by atoms with Gasteiger partial charge >= 0.3 is 0 Å². The molecule has 1 heterocycles. The Labute approximate surface area is 185 Å². The van der Waals surface area contributed by atoms with Crippen molar-refractivity contribution in [3.63, 3.8) is 0 Å². The summed E-state index contributed by atoms with van der Waals surface area (Å²) in [6.07, 6.45) is 1.21. The van der Waals surface area contributed by atoms with Gasteiger partial charge in [0.05, 0.1) is 5.56 Å². The van der Waals surface area contributed by atoms with Crippen LogP contribution in [0.4, 0.5) is 14.5 Å². The van der Waals surface area contributed by atoms with Crippen molar-refractivity contribution in [2.75, 3.05) is 18.4 Å². The van der Waals surface area contributed by atoms with Crippen LogP contribution in [0, 0.1) is 17.6 Å². The molecule has 1 aliphatic heterocycles. The first-order chi connectivity index (χ1) is 15.5. The molecule has 3 aromatic rings. The van der Waals surface area contributed by atoms with Crippen molar-refractivity contribution in [3.8, 4) is 0 Å². The number of para-hydroxylation sites is 1. The molecule has 3 aromatic carbocycles. The van der Waals surface area contributed by atoms with E-state index >= 15 is 0 Å². The van der Waals surface area contributed by atoms with E-state index in [2.05, 4.69) is 10.2 Å². The molecule has 1 amide bonds. The van der Waals surface area contributed by atoms with E-state index in [-0.39, 0.29) is 23.2 Å². The number of carbonyl (C=O) groups is 2. The minimum absolute atomic E-state index is 0.159. The number of hydrogen-bond donors (Lipinski definition) is 1. The number of hydrogen-bond acceptors (Lipinski definition) is 3. The van der Waals surface area contributed by atoms with Crippen LogP contribution in [0.25, 0.3) is 0 Å². The van der Waals surface area contributed by atoms with Gasteiger partial charge in [-0.15, -0.1) is 0 Å². The van der Waals surface area contributed by atoms with Crippen LogP contribution in [-0.4, -0.2) is 29.7 Å². The highest BCUT2D eigenvalue weighted by Crippen LogP contribution is 2.25. The lowest BCUT2D eigenvalue weighted by Gasteiger charge is -2.31. The molecular weight excluding hydrogens is 410 g/mol. The Morgan fingerprint density at radius 3 is 2.28 bits per heavy atom. The zero-order valence-electron chi connectivity index (χ0n) is 17.6. The smallest absolute Gasteiger partial charge is 0.255 e. The number of nitrogens with zero attached hydrogens (tertiary/aromatic N) is 1. The molecule has 0 saturated carbocycles. The first-order valence-electron chi connectivity index (χ1n) is 10.7. The van der Waals surface area contributed by atoms with Crippen LogP contribution in [0.15, 0.2) is 72.8 Å². The molecule has 1 N–H and O–H groups in total. The minimum Gasteiger partial charge on any atom is -0.322 e. The summed E-state index contributed by atoms with van der Waals surface area (Å²) in [6.45, 7) is 2.10. The van der Waals surface area contributed by atoms with Crippen LogP contribution in [0.5, 0.6) is 0 Å². The van der Waals surface area contributed by atoms with Gasteiger partial charge in [-0.3, -0.25) is 14.5 Å². The zero-order valence-corrected chi connectivity index (χ0v) is 17.6. The standard InChI is InChI=1S/C26H24F2N2O2/c27-21-10-11-24(28)23(16-21)25(31)19-12-14-30(15-13-19)17-18-6-8-20(9-7-18)26(32)29-22-4-2-1-3-5-22/h1-11,16,19H,12-15,17H2,(H,29,32). The molecular formula is C26H24F2N2O2. The molecule has 0 unspecified atom stereocenters. The molecule has 4 rings (SSSR count). The molecule has 0 spiro atoms. The Kier molecular flexibility index (Phi) is 6.71. The van der Waals surface area contributed by atoms with E-state index in [9.17, 15) is 18.4 Å². The number of likely N-dealkylation sites (tertiary alicyclic amines) is 1. The van der Waals surface area contributed by atoms with Crippen LogP contribution in [0.3, 0.4) is 0 Å². The second-order valence-electron chi connectivity index (χ2n) is 8.06. The molecule has 32 heavy (non-hydrogen) atoms. The van der Waals surface area contributed by atoms with Gasteiger partial charge in [0.1, 0.15) is 11.6 Å². The highest BCUT2D eigenvalue weighted by molar-refractivity contribution is 6.04. The van der Waals surface area contributed by atoms with Crippen LogP contribution in [0.2, 0.25) is 0 Å². The summed E-state index contributed by atoms with van der Waals surface area (Å²) in [4.78, 5) is 27.2. The summed E-state index contributed by atoms with van der Waals surface area (Å²) in [5, 5.41) is 2.86. The normalized spacial score (nSPS) is 14.8. The van der Waals surface area contributed by atoms with Gasteiger partial charge in [0.15, 0.2) is 5.78 Å². The van der Waals surface area contributed by atoms with Crippen LogP contribution < -0.4 is 5.32 Å². The van der Waals surface area contributed by atoms with E-state index < -0.39 is 11.6 Å². The number of piperidine rings is 1. The third kappa shape index (κ3) is 5.26.